The maximum absolute atomic E-state index is 12.3. The van der Waals surface area contributed by atoms with Crippen molar-refractivity contribution in [2.24, 2.45) is 16.0 Å². The minimum Gasteiger partial charge on any atom is -0.481 e. The van der Waals surface area contributed by atoms with Gasteiger partial charge in [-0.3, -0.25) is 72.6 Å². The van der Waals surface area contributed by atoms with Gasteiger partial charge in [0.05, 0.1) is 39.3 Å². The lowest BCUT2D eigenvalue weighted by molar-refractivity contribution is -0.158. The van der Waals surface area contributed by atoms with Crippen molar-refractivity contribution in [1.29, 1.82) is 0 Å². The van der Waals surface area contributed by atoms with Gasteiger partial charge in [0.1, 0.15) is 41.1 Å². The topological polar surface area (TPSA) is 434 Å². The maximum atomic E-state index is 12.3. The highest BCUT2D eigenvalue weighted by Gasteiger charge is 2.27. The summed E-state index contributed by atoms with van der Waals surface area (Å²) in [6, 6.07) is 0. The van der Waals surface area contributed by atoms with E-state index in [1.165, 1.54) is 0 Å². The molecule has 35 heteroatoms. The highest BCUT2D eigenvalue weighted by molar-refractivity contribution is 9.09. The summed E-state index contributed by atoms with van der Waals surface area (Å²) < 4.78 is 27.0. The number of hydrogen-bond donors (Lipinski definition) is 6. The molecular weight excluding hydrogens is 1410 g/mol. The first-order valence-corrected chi connectivity index (χ1v) is 36.9. The molecule has 3 rings (SSSR count). The van der Waals surface area contributed by atoms with E-state index in [2.05, 4.69) is 76.0 Å². The fourth-order valence-corrected chi connectivity index (χ4v) is 10.2. The van der Waals surface area contributed by atoms with Crippen LogP contribution < -0.4 is 16.4 Å². The molecule has 7 N–H and O–H groups in total. The number of carbonyl (C=O) groups excluding carboxylic acids is 6. The van der Waals surface area contributed by atoms with Gasteiger partial charge in [0, 0.05) is 146 Å². The average Bonchev–Trinajstić information content (AvgIpc) is 1.84. The Hall–Kier alpha value is -6.07. The molecule has 596 valence electrons. The Bertz CT molecular complexity index is 2440. The Balaban J connectivity index is 0. The molecule has 0 radical (unpaired) electrons. The Morgan fingerprint density at radius 2 is 0.709 bits per heavy atom. The number of amides is 1. The lowest BCUT2D eigenvalue weighted by Crippen LogP contribution is -2.42. The van der Waals surface area contributed by atoms with E-state index in [9.17, 15) is 43.2 Å². The lowest BCUT2D eigenvalue weighted by Gasteiger charge is -2.27. The number of hydrogen-bond acceptors (Lipinski definition) is 26. The normalized spacial score (nSPS) is 16.4. The standard InChI is InChI=1S/C22H44N4O4.C18H35N3O4.C16H29N7O5.C10H19BrO2.C2H3N3O2/c1-21(2,3)29-19(27)17-25-13-11-24(10-8-7-9-23)12-14-26(16-15-25)18-20(28)30-22(4,5)6;1-17(2,3)24-15(22)13-20-9-7-19-8-10-21(12-11-20)14-16(23)25-18(4,5)6;17-20-19-11-14(24)18-3-1-2-4-21-5-7-22(12-15(25)26)9-10-23(8-6-21)13-16(27)28;1-10(2,3)13-9(12)7-5-4-6-8-11;3-5-4-1-2(6)7/h7-18,23H2,1-6H3;19H,7-14H2,1-6H3;1-13H2,(H,18,24)(H,25,26)(H,27,28);4-8H2,1-3H3;1H2,(H,6,7). The zero-order valence-corrected chi connectivity index (χ0v) is 66.4. The van der Waals surface area contributed by atoms with E-state index < -0.39 is 46.9 Å². The number of carboxylic acids is 3. The molecule has 3 aliphatic heterocycles. The van der Waals surface area contributed by atoms with E-state index >= 15 is 0 Å². The number of nitrogens with zero attached hydrogens (tertiary/aromatic N) is 14. The minimum atomic E-state index is -1.11. The molecule has 0 spiro atoms. The van der Waals surface area contributed by atoms with Gasteiger partial charge in [-0.15, -0.1) is 0 Å². The van der Waals surface area contributed by atoms with Crippen molar-refractivity contribution in [3.8, 4) is 0 Å². The molecule has 0 aromatic rings. The summed E-state index contributed by atoms with van der Waals surface area (Å²) in [4.78, 5) is 124. The first kappa shape index (κ1) is 99.0. The van der Waals surface area contributed by atoms with E-state index in [0.29, 0.717) is 85.0 Å². The number of azide groups is 2. The molecule has 3 heterocycles. The third-order valence-corrected chi connectivity index (χ3v) is 14.8. The first-order valence-electron chi connectivity index (χ1n) is 35.7. The number of halogens is 1. The van der Waals surface area contributed by atoms with Crippen LogP contribution in [-0.2, 0) is 66.8 Å². The van der Waals surface area contributed by atoms with Crippen LogP contribution in [0.4, 0.5) is 0 Å². The number of ether oxygens (including phenoxy) is 5. The second-order valence-corrected chi connectivity index (χ2v) is 30.8. The van der Waals surface area contributed by atoms with Crippen LogP contribution >= 0.6 is 15.9 Å². The van der Waals surface area contributed by atoms with Gasteiger partial charge >= 0.3 is 47.8 Å². The summed E-state index contributed by atoms with van der Waals surface area (Å²) in [6.07, 6.45) is 7.34. The molecule has 34 nitrogen and oxygen atoms in total. The molecule has 0 aromatic carbocycles. The summed E-state index contributed by atoms with van der Waals surface area (Å²) in [5.41, 5.74) is 19.0. The van der Waals surface area contributed by atoms with Crippen molar-refractivity contribution < 1.29 is 82.2 Å². The van der Waals surface area contributed by atoms with Gasteiger partial charge < -0.3 is 65.2 Å². The van der Waals surface area contributed by atoms with Crippen LogP contribution in [-0.4, -0.2) is 338 Å². The van der Waals surface area contributed by atoms with E-state index in [-0.39, 0.29) is 87.2 Å². The lowest BCUT2D eigenvalue weighted by atomic mass is 10.2. The molecule has 103 heavy (non-hydrogen) atoms. The van der Waals surface area contributed by atoms with Gasteiger partial charge in [-0.05, 0) is 173 Å². The number of nitrogens with one attached hydrogen (secondary N) is 2. The molecule has 0 unspecified atom stereocenters. The van der Waals surface area contributed by atoms with Gasteiger partial charge in [0.2, 0.25) is 5.91 Å². The number of unbranched alkanes of at least 4 members (excludes halogenated alkanes) is 4. The van der Waals surface area contributed by atoms with Crippen LogP contribution in [0.3, 0.4) is 0 Å². The molecular formula is C68H130BrN17O17. The van der Waals surface area contributed by atoms with Gasteiger partial charge in [-0.2, -0.15) is 0 Å². The van der Waals surface area contributed by atoms with Crippen LogP contribution in [0.15, 0.2) is 10.2 Å². The average molecular weight is 1540 g/mol. The van der Waals surface area contributed by atoms with Crippen molar-refractivity contribution in [2.45, 2.75) is 183 Å². The minimum absolute atomic E-state index is 0.0635. The Morgan fingerprint density at radius 1 is 0.408 bits per heavy atom. The Kier molecular flexibility index (Phi) is 53.2. The number of carbonyl (C=O) groups is 9. The molecule has 0 aromatic heterocycles. The summed E-state index contributed by atoms with van der Waals surface area (Å²) in [6.45, 7) is 44.4. The van der Waals surface area contributed by atoms with Crippen molar-refractivity contribution in [1.82, 2.24) is 49.8 Å². The molecule has 3 saturated heterocycles. The van der Waals surface area contributed by atoms with Crippen LogP contribution in [0.25, 0.3) is 20.9 Å². The molecule has 3 aliphatic rings. The highest BCUT2D eigenvalue weighted by atomic mass is 79.9. The second kappa shape index (κ2) is 55.4. The smallest absolute Gasteiger partial charge is 0.320 e. The summed E-state index contributed by atoms with van der Waals surface area (Å²) in [5, 5.41) is 38.9. The largest absolute Gasteiger partial charge is 0.481 e. The predicted molar refractivity (Wildman–Crippen MR) is 397 cm³/mol. The fourth-order valence-electron chi connectivity index (χ4n) is 9.82. The van der Waals surface area contributed by atoms with Crippen molar-refractivity contribution >= 4 is 69.6 Å². The molecule has 0 bridgehead atoms. The highest BCUT2D eigenvalue weighted by Crippen LogP contribution is 2.15. The number of nitrogens with two attached hydrogens (primary N) is 1. The molecule has 1 amide bonds. The second-order valence-electron chi connectivity index (χ2n) is 30.0. The van der Waals surface area contributed by atoms with Gasteiger partial charge in [0.15, 0.2) is 0 Å². The Labute approximate surface area is 620 Å². The van der Waals surface area contributed by atoms with Crippen molar-refractivity contribution in [3.63, 3.8) is 0 Å². The zero-order chi connectivity index (χ0) is 78.7. The van der Waals surface area contributed by atoms with E-state index in [1.54, 1.807) is 0 Å². The SMILES string of the molecule is CC(C)(C)OC(=O)CCCCCBr.CC(C)(C)OC(=O)CN1CCN(CCCCN)CCN(CC(=O)OC(C)(C)C)CC1.CC(C)(C)OC(=O)CN1CCNCCN(CC(=O)OC(C)(C)C)CC1.[N-]=[N+]=NCC(=O)NCCCCN1CCN(CC(=O)O)CCN(CC(=O)O)CC1.[N-]=[N+]=NCC(=O)O. The van der Waals surface area contributed by atoms with E-state index in [0.717, 1.165) is 116 Å². The number of esters is 5. The molecule has 3 fully saturated rings. The van der Waals surface area contributed by atoms with Crippen LogP contribution in [0.1, 0.15) is 155 Å². The van der Waals surface area contributed by atoms with Gasteiger partial charge in [-0.25, -0.2) is 0 Å². The van der Waals surface area contributed by atoms with Gasteiger partial charge in [0.25, 0.3) is 0 Å². The van der Waals surface area contributed by atoms with E-state index in [1.807, 2.05) is 114 Å². The van der Waals surface area contributed by atoms with Crippen molar-refractivity contribution in [3.05, 3.63) is 20.9 Å². The fraction of sp³-hybridized carbons (Fsp3) is 0.868. The predicted octanol–water partition coefficient (Wildman–Crippen LogP) is 5.15. The van der Waals surface area contributed by atoms with Crippen LogP contribution in [0.5, 0.6) is 0 Å². The first-order chi connectivity index (χ1) is 47.9. The monoisotopic (exact) mass is 1540 g/mol. The third-order valence-electron chi connectivity index (χ3n) is 14.3. The number of carboxylic acid groups (broad SMARTS) is 3. The van der Waals surface area contributed by atoms with E-state index in [4.69, 9.17) is 55.8 Å². The Morgan fingerprint density at radius 3 is 1.00 bits per heavy atom. The number of aliphatic carboxylic acids is 3. The van der Waals surface area contributed by atoms with Crippen molar-refractivity contribution in [2.75, 3.05) is 202 Å². The molecule has 0 atom stereocenters. The molecule has 0 saturated carbocycles. The number of alkyl halides is 1. The summed E-state index contributed by atoms with van der Waals surface area (Å²) in [5.74, 6) is -4.16. The molecule has 0 aliphatic carbocycles. The number of rotatable bonds is 30. The summed E-state index contributed by atoms with van der Waals surface area (Å²) >= 11 is 3.35. The van der Waals surface area contributed by atoms with Gasteiger partial charge in [-0.1, -0.05) is 32.6 Å². The summed E-state index contributed by atoms with van der Waals surface area (Å²) in [7, 11) is 0. The van der Waals surface area contributed by atoms with Crippen LogP contribution in [0, 0.1) is 0 Å². The van der Waals surface area contributed by atoms with Crippen LogP contribution in [0.2, 0.25) is 0 Å². The third kappa shape index (κ3) is 66.4. The zero-order valence-electron chi connectivity index (χ0n) is 64.9. The quantitative estimate of drug-likeness (QED) is 0.0103. The maximum Gasteiger partial charge on any atom is 0.320 e.